The van der Waals surface area contributed by atoms with Crippen LogP contribution in [0.2, 0.25) is 0 Å². The molecule has 1 saturated heterocycles. The number of hydrogen-bond donors (Lipinski definition) is 0. The molecule has 28 heavy (non-hydrogen) atoms. The Morgan fingerprint density at radius 2 is 1.64 bits per heavy atom. The van der Waals surface area contributed by atoms with Gasteiger partial charge in [-0.25, -0.2) is 9.37 Å². The van der Waals surface area contributed by atoms with Crippen molar-refractivity contribution < 1.29 is 14.0 Å². The fraction of sp³-hybridized carbons (Fsp3) is 0.286. The standard InChI is InChI=1S/C21H21FN4O2/c22-17-8-6-16(7-9-17)21(28)25-11-3-10-24(12-13-25)20(27)14-26-15-23-18-4-1-2-5-19(18)26/h1-2,4-9,15H,3,10-14H2. The van der Waals surface area contributed by atoms with Crippen molar-refractivity contribution in [3.63, 3.8) is 0 Å². The highest BCUT2D eigenvalue weighted by Gasteiger charge is 2.23. The number of hydrogen-bond acceptors (Lipinski definition) is 3. The summed E-state index contributed by atoms with van der Waals surface area (Å²) in [5.41, 5.74) is 2.26. The van der Waals surface area contributed by atoms with Crippen LogP contribution in [0.1, 0.15) is 16.8 Å². The number of rotatable bonds is 3. The van der Waals surface area contributed by atoms with Crippen molar-refractivity contribution in [2.45, 2.75) is 13.0 Å². The van der Waals surface area contributed by atoms with Gasteiger partial charge in [0.05, 0.1) is 17.4 Å². The minimum absolute atomic E-state index is 0.0132. The monoisotopic (exact) mass is 380 g/mol. The van der Waals surface area contributed by atoms with Gasteiger partial charge < -0.3 is 14.4 Å². The van der Waals surface area contributed by atoms with E-state index in [1.165, 1.54) is 24.3 Å². The maximum atomic E-state index is 13.1. The van der Waals surface area contributed by atoms with Crippen LogP contribution in [0.25, 0.3) is 11.0 Å². The van der Waals surface area contributed by atoms with E-state index in [2.05, 4.69) is 4.98 Å². The molecule has 1 aliphatic heterocycles. The Labute approximate surface area is 162 Å². The van der Waals surface area contributed by atoms with Crippen molar-refractivity contribution >= 4 is 22.8 Å². The Kier molecular flexibility index (Phi) is 5.06. The van der Waals surface area contributed by atoms with E-state index in [1.54, 1.807) is 16.1 Å². The molecule has 0 atom stereocenters. The molecule has 0 radical (unpaired) electrons. The lowest BCUT2D eigenvalue weighted by molar-refractivity contribution is -0.131. The number of benzene rings is 2. The van der Waals surface area contributed by atoms with Gasteiger partial charge in [-0.15, -0.1) is 0 Å². The molecular weight excluding hydrogens is 359 g/mol. The van der Waals surface area contributed by atoms with Crippen LogP contribution in [0.15, 0.2) is 54.9 Å². The number of carbonyl (C=O) groups is 2. The number of para-hydroxylation sites is 2. The zero-order valence-corrected chi connectivity index (χ0v) is 15.4. The Morgan fingerprint density at radius 3 is 2.46 bits per heavy atom. The van der Waals surface area contributed by atoms with E-state index in [0.717, 1.165) is 11.0 Å². The second-order valence-corrected chi connectivity index (χ2v) is 6.89. The van der Waals surface area contributed by atoms with Crippen LogP contribution in [0.5, 0.6) is 0 Å². The van der Waals surface area contributed by atoms with E-state index in [1.807, 2.05) is 28.8 Å². The molecule has 3 aromatic rings. The summed E-state index contributed by atoms with van der Waals surface area (Å²) >= 11 is 0. The number of nitrogens with zero attached hydrogens (tertiary/aromatic N) is 4. The second-order valence-electron chi connectivity index (χ2n) is 6.89. The Balaban J connectivity index is 1.40. The van der Waals surface area contributed by atoms with Crippen molar-refractivity contribution in [2.75, 3.05) is 26.2 Å². The lowest BCUT2D eigenvalue weighted by Gasteiger charge is -2.22. The molecule has 144 valence electrons. The molecule has 7 heteroatoms. The summed E-state index contributed by atoms with van der Waals surface area (Å²) in [7, 11) is 0. The third-order valence-electron chi connectivity index (χ3n) is 5.06. The molecule has 1 aromatic heterocycles. The van der Waals surface area contributed by atoms with E-state index < -0.39 is 0 Å². The summed E-state index contributed by atoms with van der Waals surface area (Å²) in [4.78, 5) is 33.3. The van der Waals surface area contributed by atoms with Crippen LogP contribution in [-0.4, -0.2) is 57.3 Å². The van der Waals surface area contributed by atoms with Gasteiger partial charge in [0.15, 0.2) is 0 Å². The average Bonchev–Trinajstić information content (AvgIpc) is 2.95. The fourth-order valence-corrected chi connectivity index (χ4v) is 3.53. The minimum atomic E-state index is -0.365. The molecule has 0 aliphatic carbocycles. The number of fused-ring (bicyclic) bond motifs is 1. The topological polar surface area (TPSA) is 58.4 Å². The first-order valence-corrected chi connectivity index (χ1v) is 9.34. The van der Waals surface area contributed by atoms with Gasteiger partial charge in [0.25, 0.3) is 5.91 Å². The summed E-state index contributed by atoms with van der Waals surface area (Å²) in [6.07, 6.45) is 2.40. The largest absolute Gasteiger partial charge is 0.339 e. The van der Waals surface area contributed by atoms with E-state index in [9.17, 15) is 14.0 Å². The summed E-state index contributed by atoms with van der Waals surface area (Å²) in [6, 6.07) is 13.3. The van der Waals surface area contributed by atoms with Crippen LogP contribution in [0, 0.1) is 5.82 Å². The number of halogens is 1. The first-order chi connectivity index (χ1) is 13.6. The molecule has 0 bridgehead atoms. The molecule has 2 heterocycles. The smallest absolute Gasteiger partial charge is 0.253 e. The Bertz CT molecular complexity index is 999. The summed E-state index contributed by atoms with van der Waals surface area (Å²) in [5, 5.41) is 0. The van der Waals surface area contributed by atoms with Gasteiger partial charge in [-0.05, 0) is 42.8 Å². The van der Waals surface area contributed by atoms with Crippen LogP contribution >= 0.6 is 0 Å². The highest BCUT2D eigenvalue weighted by atomic mass is 19.1. The van der Waals surface area contributed by atoms with Crippen molar-refractivity contribution in [1.29, 1.82) is 0 Å². The maximum absolute atomic E-state index is 13.1. The molecule has 2 amide bonds. The zero-order chi connectivity index (χ0) is 19.5. The van der Waals surface area contributed by atoms with Gasteiger partial charge >= 0.3 is 0 Å². The highest BCUT2D eigenvalue weighted by Crippen LogP contribution is 2.14. The van der Waals surface area contributed by atoms with Crippen molar-refractivity contribution in [2.24, 2.45) is 0 Å². The first-order valence-electron chi connectivity index (χ1n) is 9.34. The summed E-state index contributed by atoms with van der Waals surface area (Å²) in [6.45, 7) is 2.37. The molecule has 6 nitrogen and oxygen atoms in total. The predicted molar refractivity (Wildman–Crippen MR) is 103 cm³/mol. The average molecular weight is 380 g/mol. The SMILES string of the molecule is O=C(Cn1cnc2ccccc21)N1CCCN(C(=O)c2ccc(F)cc2)CC1. The number of aromatic nitrogens is 2. The van der Waals surface area contributed by atoms with Crippen LogP contribution < -0.4 is 0 Å². The number of carbonyl (C=O) groups excluding carboxylic acids is 2. The van der Waals surface area contributed by atoms with Gasteiger partial charge in [-0.2, -0.15) is 0 Å². The van der Waals surface area contributed by atoms with Crippen LogP contribution in [0.3, 0.4) is 0 Å². The quantitative estimate of drug-likeness (QED) is 0.702. The predicted octanol–water partition coefficient (Wildman–Crippen LogP) is 2.55. The third kappa shape index (κ3) is 3.74. The Hall–Kier alpha value is -3.22. The molecule has 0 spiro atoms. The molecule has 1 aliphatic rings. The molecule has 1 fully saturated rings. The molecular formula is C21H21FN4O2. The van der Waals surface area contributed by atoms with E-state index in [4.69, 9.17) is 0 Å². The number of amides is 2. The molecule has 4 rings (SSSR count). The van der Waals surface area contributed by atoms with Crippen molar-refractivity contribution in [3.05, 3.63) is 66.2 Å². The summed E-state index contributed by atoms with van der Waals surface area (Å²) in [5.74, 6) is -0.481. The minimum Gasteiger partial charge on any atom is -0.339 e. The van der Waals surface area contributed by atoms with Gasteiger partial charge in [0.1, 0.15) is 12.4 Å². The highest BCUT2D eigenvalue weighted by molar-refractivity contribution is 5.94. The van der Waals surface area contributed by atoms with Crippen molar-refractivity contribution in [1.82, 2.24) is 19.4 Å². The Morgan fingerprint density at radius 1 is 0.929 bits per heavy atom. The lowest BCUT2D eigenvalue weighted by atomic mass is 10.2. The van der Waals surface area contributed by atoms with E-state index >= 15 is 0 Å². The van der Waals surface area contributed by atoms with Crippen molar-refractivity contribution in [3.8, 4) is 0 Å². The van der Waals surface area contributed by atoms with E-state index in [-0.39, 0.29) is 24.2 Å². The maximum Gasteiger partial charge on any atom is 0.253 e. The molecule has 2 aromatic carbocycles. The third-order valence-corrected chi connectivity index (χ3v) is 5.06. The fourth-order valence-electron chi connectivity index (χ4n) is 3.53. The van der Waals surface area contributed by atoms with Crippen LogP contribution in [-0.2, 0) is 11.3 Å². The second kappa shape index (κ2) is 7.80. The lowest BCUT2D eigenvalue weighted by Crippen LogP contribution is -2.38. The summed E-state index contributed by atoms with van der Waals surface area (Å²) < 4.78 is 14.9. The van der Waals surface area contributed by atoms with Gasteiger partial charge in [0, 0.05) is 31.7 Å². The zero-order valence-electron chi connectivity index (χ0n) is 15.4. The van der Waals surface area contributed by atoms with Gasteiger partial charge in [0.2, 0.25) is 5.91 Å². The van der Waals surface area contributed by atoms with Gasteiger partial charge in [-0.1, -0.05) is 12.1 Å². The van der Waals surface area contributed by atoms with E-state index in [0.29, 0.717) is 38.2 Å². The first kappa shape index (κ1) is 18.2. The normalized spacial score (nSPS) is 14.9. The number of imidazole rings is 1. The van der Waals surface area contributed by atoms with Crippen LogP contribution in [0.4, 0.5) is 4.39 Å². The van der Waals surface area contributed by atoms with Gasteiger partial charge in [-0.3, -0.25) is 9.59 Å². The molecule has 0 N–H and O–H groups in total. The molecule has 0 saturated carbocycles. The molecule has 0 unspecified atom stereocenters.